The first kappa shape index (κ1) is 18.3. The van der Waals surface area contributed by atoms with Gasteiger partial charge in [-0.1, -0.05) is 56.7 Å². The highest BCUT2D eigenvalue weighted by molar-refractivity contribution is 5.51. The van der Waals surface area contributed by atoms with Gasteiger partial charge in [-0.3, -0.25) is 0 Å². The molecule has 2 heterocycles. The van der Waals surface area contributed by atoms with Crippen molar-refractivity contribution in [2.75, 3.05) is 24.5 Å². The number of rotatable bonds is 2. The number of hydrogen-bond donors (Lipinski definition) is 1. The Labute approximate surface area is 159 Å². The summed E-state index contributed by atoms with van der Waals surface area (Å²) >= 11 is 0. The lowest BCUT2D eigenvalue weighted by atomic mass is 9.81. The van der Waals surface area contributed by atoms with Crippen LogP contribution in [0.3, 0.4) is 0 Å². The molecule has 4 rings (SSSR count). The lowest BCUT2D eigenvalue weighted by Crippen LogP contribution is -2.58. The predicted octanol–water partition coefficient (Wildman–Crippen LogP) is 4.60. The maximum Gasteiger partial charge on any atom is 0.0789 e. The number of para-hydroxylation sites is 1. The minimum absolute atomic E-state index is 0.0314. The van der Waals surface area contributed by atoms with E-state index < -0.39 is 0 Å². The Morgan fingerprint density at radius 2 is 1.38 bits per heavy atom. The first-order valence-corrected chi connectivity index (χ1v) is 11.0. The van der Waals surface area contributed by atoms with E-state index >= 15 is 0 Å². The Balaban J connectivity index is 1.43. The lowest BCUT2D eigenvalue weighted by Gasteiger charge is -2.49. The van der Waals surface area contributed by atoms with Crippen LogP contribution in [0.15, 0.2) is 30.3 Å². The van der Waals surface area contributed by atoms with Crippen molar-refractivity contribution < 1.29 is 5.11 Å². The van der Waals surface area contributed by atoms with E-state index in [4.69, 9.17) is 0 Å². The van der Waals surface area contributed by atoms with Gasteiger partial charge >= 0.3 is 0 Å². The zero-order valence-corrected chi connectivity index (χ0v) is 16.3. The van der Waals surface area contributed by atoms with Crippen LogP contribution >= 0.6 is 0 Å². The summed E-state index contributed by atoms with van der Waals surface area (Å²) in [4.78, 5) is 5.29. The average Bonchev–Trinajstić information content (AvgIpc) is 3.06. The van der Waals surface area contributed by atoms with Crippen molar-refractivity contribution >= 4 is 5.69 Å². The van der Waals surface area contributed by atoms with E-state index in [0.717, 1.165) is 44.9 Å². The number of benzene rings is 1. The summed E-state index contributed by atoms with van der Waals surface area (Å²) in [5, 5.41) is 10.9. The molecule has 144 valence electrons. The monoisotopic (exact) mass is 356 g/mol. The van der Waals surface area contributed by atoms with Gasteiger partial charge in [0.15, 0.2) is 0 Å². The summed E-state index contributed by atoms with van der Waals surface area (Å²) in [6.45, 7) is 3.31. The molecule has 3 nitrogen and oxygen atoms in total. The van der Waals surface area contributed by atoms with E-state index in [9.17, 15) is 5.11 Å². The van der Waals surface area contributed by atoms with Gasteiger partial charge in [0.25, 0.3) is 0 Å². The van der Waals surface area contributed by atoms with Gasteiger partial charge in [-0.2, -0.15) is 0 Å². The van der Waals surface area contributed by atoms with Crippen LogP contribution in [-0.2, 0) is 0 Å². The zero-order chi connectivity index (χ0) is 17.8. The van der Waals surface area contributed by atoms with Crippen LogP contribution < -0.4 is 4.90 Å². The lowest BCUT2D eigenvalue weighted by molar-refractivity contribution is 0.0376. The second-order valence-corrected chi connectivity index (χ2v) is 8.78. The number of anilines is 1. The maximum absolute atomic E-state index is 10.9. The highest BCUT2D eigenvalue weighted by Crippen LogP contribution is 2.42. The van der Waals surface area contributed by atoms with E-state index in [-0.39, 0.29) is 11.6 Å². The van der Waals surface area contributed by atoms with E-state index in [1.54, 1.807) is 0 Å². The molecule has 0 amide bonds. The second kappa shape index (κ2) is 8.31. The third kappa shape index (κ3) is 3.66. The van der Waals surface area contributed by atoms with Crippen LogP contribution in [-0.4, -0.2) is 47.3 Å². The standard InChI is InChI=1S/C23H36N2O/c26-22-14-17-25(21-12-8-5-9-13-21)23(22)15-18-24(19-16-23)20-10-6-3-1-2-4-7-11-20/h5,8-9,12-13,20,22,26H,1-4,6-7,10-11,14-19H2/t22-/m0/s1. The Hall–Kier alpha value is -1.06. The summed E-state index contributed by atoms with van der Waals surface area (Å²) in [5.41, 5.74) is 1.26. The van der Waals surface area contributed by atoms with Gasteiger partial charge in [0.05, 0.1) is 11.6 Å². The summed E-state index contributed by atoms with van der Waals surface area (Å²) in [6.07, 6.45) is 14.3. The summed E-state index contributed by atoms with van der Waals surface area (Å²) in [7, 11) is 0. The van der Waals surface area contributed by atoms with Gasteiger partial charge in [0.1, 0.15) is 0 Å². The van der Waals surface area contributed by atoms with E-state index in [1.165, 1.54) is 57.1 Å². The molecule has 2 aliphatic heterocycles. The quantitative estimate of drug-likeness (QED) is 0.839. The van der Waals surface area contributed by atoms with Gasteiger partial charge in [0, 0.05) is 31.4 Å². The predicted molar refractivity (Wildman–Crippen MR) is 109 cm³/mol. The fraction of sp³-hybridized carbons (Fsp3) is 0.739. The van der Waals surface area contributed by atoms with Crippen LogP contribution in [0.25, 0.3) is 0 Å². The molecule has 3 fully saturated rings. The third-order valence-electron chi connectivity index (χ3n) is 7.36. The zero-order valence-electron chi connectivity index (χ0n) is 16.3. The highest BCUT2D eigenvalue weighted by atomic mass is 16.3. The first-order valence-electron chi connectivity index (χ1n) is 11.0. The molecule has 1 aliphatic carbocycles. The molecule has 0 bridgehead atoms. The van der Waals surface area contributed by atoms with Crippen molar-refractivity contribution in [2.45, 2.75) is 88.3 Å². The van der Waals surface area contributed by atoms with Gasteiger partial charge in [-0.15, -0.1) is 0 Å². The molecule has 0 aromatic heterocycles. The number of aliphatic hydroxyl groups is 1. The van der Waals surface area contributed by atoms with Crippen molar-refractivity contribution in [1.82, 2.24) is 4.90 Å². The van der Waals surface area contributed by atoms with Crippen molar-refractivity contribution in [2.24, 2.45) is 0 Å². The molecule has 1 aromatic rings. The molecule has 1 spiro atoms. The SMILES string of the molecule is O[C@H]1CCN(c2ccccc2)C12CCN(C1CCCCCCCC1)CC2. The number of aliphatic hydroxyl groups excluding tert-OH is 1. The fourth-order valence-electron chi connectivity index (χ4n) is 5.77. The molecule has 1 N–H and O–H groups in total. The molecule has 0 unspecified atom stereocenters. The molecule has 1 aromatic carbocycles. The Morgan fingerprint density at radius 3 is 2.04 bits per heavy atom. The largest absolute Gasteiger partial charge is 0.391 e. The van der Waals surface area contributed by atoms with Crippen LogP contribution in [0.1, 0.15) is 70.6 Å². The molecule has 26 heavy (non-hydrogen) atoms. The van der Waals surface area contributed by atoms with Crippen molar-refractivity contribution in [3.8, 4) is 0 Å². The van der Waals surface area contributed by atoms with Crippen LogP contribution in [0.5, 0.6) is 0 Å². The normalized spacial score (nSPS) is 28.7. The Morgan fingerprint density at radius 1 is 0.769 bits per heavy atom. The van der Waals surface area contributed by atoms with Crippen LogP contribution in [0, 0.1) is 0 Å². The Kier molecular flexibility index (Phi) is 5.85. The molecule has 3 aliphatic rings. The average molecular weight is 357 g/mol. The van der Waals surface area contributed by atoms with Gasteiger partial charge in [-0.25, -0.2) is 0 Å². The summed E-state index contributed by atoms with van der Waals surface area (Å²) < 4.78 is 0. The number of piperidine rings is 1. The van der Waals surface area contributed by atoms with Gasteiger partial charge in [-0.05, 0) is 44.2 Å². The third-order valence-corrected chi connectivity index (χ3v) is 7.36. The first-order chi connectivity index (χ1) is 12.8. The molecule has 1 atom stereocenters. The van der Waals surface area contributed by atoms with Crippen molar-refractivity contribution in [3.05, 3.63) is 30.3 Å². The fourth-order valence-corrected chi connectivity index (χ4v) is 5.77. The summed E-state index contributed by atoms with van der Waals surface area (Å²) in [5.74, 6) is 0. The van der Waals surface area contributed by atoms with E-state index in [1.807, 2.05) is 0 Å². The number of nitrogens with zero attached hydrogens (tertiary/aromatic N) is 2. The van der Waals surface area contributed by atoms with Crippen molar-refractivity contribution in [3.63, 3.8) is 0 Å². The van der Waals surface area contributed by atoms with E-state index in [2.05, 4.69) is 40.1 Å². The van der Waals surface area contributed by atoms with Gasteiger partial charge < -0.3 is 14.9 Å². The highest BCUT2D eigenvalue weighted by Gasteiger charge is 2.50. The van der Waals surface area contributed by atoms with E-state index in [0.29, 0.717) is 0 Å². The smallest absolute Gasteiger partial charge is 0.0789 e. The summed E-state index contributed by atoms with van der Waals surface area (Å²) in [6, 6.07) is 11.5. The van der Waals surface area contributed by atoms with Crippen LogP contribution in [0.4, 0.5) is 5.69 Å². The van der Waals surface area contributed by atoms with Gasteiger partial charge in [0.2, 0.25) is 0 Å². The molecule has 0 radical (unpaired) electrons. The number of likely N-dealkylation sites (tertiary alicyclic amines) is 1. The maximum atomic E-state index is 10.9. The minimum atomic E-state index is -0.176. The topological polar surface area (TPSA) is 26.7 Å². The molecular formula is C23H36N2O. The second-order valence-electron chi connectivity index (χ2n) is 8.78. The van der Waals surface area contributed by atoms with Crippen LogP contribution in [0.2, 0.25) is 0 Å². The molecule has 1 saturated carbocycles. The molecule has 2 saturated heterocycles. The number of hydrogen-bond acceptors (Lipinski definition) is 3. The Bertz CT molecular complexity index is 543. The molecular weight excluding hydrogens is 320 g/mol. The minimum Gasteiger partial charge on any atom is -0.391 e. The molecule has 3 heteroatoms. The van der Waals surface area contributed by atoms with Crippen molar-refractivity contribution in [1.29, 1.82) is 0 Å².